The lowest BCUT2D eigenvalue weighted by molar-refractivity contribution is -0.109. The summed E-state index contributed by atoms with van der Waals surface area (Å²) in [5.41, 5.74) is 1.79. The van der Waals surface area contributed by atoms with Gasteiger partial charge in [-0.15, -0.1) is 0 Å². The molecule has 20 heavy (non-hydrogen) atoms. The van der Waals surface area contributed by atoms with Gasteiger partial charge in [0.2, 0.25) is 0 Å². The van der Waals surface area contributed by atoms with Gasteiger partial charge in [-0.25, -0.2) is 0 Å². The van der Waals surface area contributed by atoms with Crippen molar-refractivity contribution in [1.82, 2.24) is 0 Å². The van der Waals surface area contributed by atoms with Gasteiger partial charge in [-0.05, 0) is 30.5 Å². The van der Waals surface area contributed by atoms with E-state index < -0.39 is 12.2 Å². The van der Waals surface area contributed by atoms with Crippen molar-refractivity contribution < 1.29 is 15.0 Å². The lowest BCUT2D eigenvalue weighted by Gasteiger charge is -2.21. The monoisotopic (exact) mass is 295 g/mol. The molecule has 5 heteroatoms. The number of benzene rings is 1. The van der Waals surface area contributed by atoms with Crippen molar-refractivity contribution >= 4 is 22.6 Å². The molecule has 0 bridgehead atoms. The first-order valence-corrected chi connectivity index (χ1v) is 7.91. The summed E-state index contributed by atoms with van der Waals surface area (Å²) in [6.45, 7) is 3.54. The third kappa shape index (κ3) is 3.98. The van der Waals surface area contributed by atoms with E-state index in [4.69, 9.17) is 0 Å². The van der Waals surface area contributed by atoms with Crippen LogP contribution in [0.3, 0.4) is 0 Å². The van der Waals surface area contributed by atoms with Gasteiger partial charge in [-0.1, -0.05) is 23.9 Å². The average molecular weight is 295 g/mol. The maximum Gasteiger partial charge on any atom is 0.185 e. The standard InChI is InChI=1S/C15H21NO3S/c1-11(17)20-10-14(18)15(19)12-5-4-6-13(9-12)16-7-2-3-8-16/h4-6,9,14-15,18-19H,2-3,7-8,10H2,1H3. The molecule has 2 N–H and O–H groups in total. The van der Waals surface area contributed by atoms with Crippen molar-refractivity contribution in [3.8, 4) is 0 Å². The average Bonchev–Trinajstić information content (AvgIpc) is 2.98. The Morgan fingerprint density at radius 1 is 1.35 bits per heavy atom. The fourth-order valence-electron chi connectivity index (χ4n) is 2.40. The molecule has 1 aromatic carbocycles. The molecule has 1 saturated heterocycles. The molecular weight excluding hydrogens is 274 g/mol. The predicted octanol–water partition coefficient (Wildman–Crippen LogP) is 1.96. The molecule has 2 atom stereocenters. The highest BCUT2D eigenvalue weighted by molar-refractivity contribution is 8.13. The van der Waals surface area contributed by atoms with Crippen molar-refractivity contribution in [1.29, 1.82) is 0 Å². The Hall–Kier alpha value is -1.04. The van der Waals surface area contributed by atoms with Crippen LogP contribution >= 0.6 is 11.8 Å². The van der Waals surface area contributed by atoms with Crippen molar-refractivity contribution in [2.75, 3.05) is 23.7 Å². The zero-order chi connectivity index (χ0) is 14.5. The van der Waals surface area contributed by atoms with Gasteiger partial charge in [-0.2, -0.15) is 0 Å². The van der Waals surface area contributed by atoms with E-state index in [1.54, 1.807) is 0 Å². The minimum absolute atomic E-state index is 0.0536. The number of hydrogen-bond donors (Lipinski definition) is 2. The van der Waals surface area contributed by atoms with E-state index in [0.717, 1.165) is 30.5 Å². The molecule has 0 aliphatic carbocycles. The number of anilines is 1. The van der Waals surface area contributed by atoms with E-state index in [1.165, 1.54) is 19.8 Å². The topological polar surface area (TPSA) is 60.8 Å². The third-order valence-electron chi connectivity index (χ3n) is 3.50. The second-order valence-electron chi connectivity index (χ2n) is 5.10. The molecule has 110 valence electrons. The van der Waals surface area contributed by atoms with Gasteiger partial charge >= 0.3 is 0 Å². The van der Waals surface area contributed by atoms with Gasteiger partial charge in [0.25, 0.3) is 0 Å². The minimum atomic E-state index is -0.954. The summed E-state index contributed by atoms with van der Waals surface area (Å²) in [5.74, 6) is 0.213. The SMILES string of the molecule is CC(=O)SCC(O)C(O)c1cccc(N2CCCC2)c1. The molecule has 2 rings (SSSR count). The number of thioether (sulfide) groups is 1. The van der Waals surface area contributed by atoms with Crippen LogP contribution in [0.1, 0.15) is 31.4 Å². The van der Waals surface area contributed by atoms with Gasteiger partial charge in [0, 0.05) is 31.5 Å². The van der Waals surface area contributed by atoms with Crippen LogP contribution in [0.2, 0.25) is 0 Å². The van der Waals surface area contributed by atoms with E-state index in [2.05, 4.69) is 4.90 Å². The van der Waals surface area contributed by atoms with Gasteiger partial charge in [0.15, 0.2) is 5.12 Å². The number of carbonyl (C=O) groups excluding carboxylic acids is 1. The summed E-state index contributed by atoms with van der Waals surface area (Å²) in [4.78, 5) is 13.2. The van der Waals surface area contributed by atoms with Crippen molar-refractivity contribution in [3.63, 3.8) is 0 Å². The maximum atomic E-state index is 10.9. The Kier molecular flexibility index (Phi) is 5.46. The number of rotatable bonds is 5. The fraction of sp³-hybridized carbons (Fsp3) is 0.533. The van der Waals surface area contributed by atoms with Gasteiger partial charge < -0.3 is 15.1 Å². The molecular formula is C15H21NO3S. The van der Waals surface area contributed by atoms with Gasteiger partial charge in [0.05, 0.1) is 6.10 Å². The van der Waals surface area contributed by atoms with Crippen LogP contribution in [0.4, 0.5) is 5.69 Å². The smallest absolute Gasteiger partial charge is 0.185 e. The highest BCUT2D eigenvalue weighted by Gasteiger charge is 2.20. The Morgan fingerprint density at radius 2 is 2.05 bits per heavy atom. The summed E-state index contributed by atoms with van der Waals surface area (Å²) in [6, 6.07) is 7.67. The number of carbonyl (C=O) groups is 1. The van der Waals surface area contributed by atoms with Crippen molar-refractivity contribution in [2.45, 2.75) is 32.0 Å². The first-order valence-electron chi connectivity index (χ1n) is 6.92. The quantitative estimate of drug-likeness (QED) is 0.869. The number of nitrogens with zero attached hydrogens (tertiary/aromatic N) is 1. The normalized spacial score (nSPS) is 18.1. The highest BCUT2D eigenvalue weighted by Crippen LogP contribution is 2.26. The lowest BCUT2D eigenvalue weighted by atomic mass is 10.0. The van der Waals surface area contributed by atoms with Crippen LogP contribution in [0.15, 0.2) is 24.3 Å². The first-order chi connectivity index (χ1) is 9.58. The minimum Gasteiger partial charge on any atom is -0.389 e. The molecule has 1 aromatic rings. The Morgan fingerprint density at radius 3 is 2.70 bits per heavy atom. The second kappa shape index (κ2) is 7.11. The van der Waals surface area contributed by atoms with E-state index >= 15 is 0 Å². The van der Waals surface area contributed by atoms with Gasteiger partial charge in [0.1, 0.15) is 6.10 Å². The van der Waals surface area contributed by atoms with E-state index in [-0.39, 0.29) is 10.9 Å². The molecule has 0 amide bonds. The molecule has 1 aliphatic rings. The van der Waals surface area contributed by atoms with E-state index in [9.17, 15) is 15.0 Å². The number of hydrogen-bond acceptors (Lipinski definition) is 5. The molecule has 2 unspecified atom stereocenters. The van der Waals surface area contributed by atoms with Crippen LogP contribution in [-0.4, -0.2) is 40.3 Å². The summed E-state index contributed by atoms with van der Waals surface area (Å²) in [5, 5.41) is 20.1. The van der Waals surface area contributed by atoms with E-state index in [0.29, 0.717) is 5.56 Å². The zero-order valence-electron chi connectivity index (χ0n) is 11.7. The number of aliphatic hydroxyl groups excluding tert-OH is 2. The molecule has 0 aromatic heterocycles. The Bertz CT molecular complexity index is 460. The van der Waals surface area contributed by atoms with Crippen LogP contribution in [-0.2, 0) is 4.79 Å². The zero-order valence-corrected chi connectivity index (χ0v) is 12.5. The first kappa shape index (κ1) is 15.4. The van der Waals surface area contributed by atoms with Crippen molar-refractivity contribution in [2.24, 2.45) is 0 Å². The van der Waals surface area contributed by atoms with Crippen LogP contribution < -0.4 is 4.90 Å². The Balaban J connectivity index is 2.03. The van der Waals surface area contributed by atoms with E-state index in [1.807, 2.05) is 24.3 Å². The fourth-order valence-corrected chi connectivity index (χ4v) is 2.98. The molecule has 1 heterocycles. The van der Waals surface area contributed by atoms with Crippen LogP contribution in [0.25, 0.3) is 0 Å². The molecule has 0 radical (unpaired) electrons. The number of aliphatic hydroxyl groups is 2. The molecule has 1 aliphatic heterocycles. The lowest BCUT2D eigenvalue weighted by Crippen LogP contribution is -2.22. The maximum absolute atomic E-state index is 10.9. The molecule has 0 saturated carbocycles. The Labute approximate surface area is 123 Å². The predicted molar refractivity (Wildman–Crippen MR) is 82.0 cm³/mol. The van der Waals surface area contributed by atoms with Crippen LogP contribution in [0.5, 0.6) is 0 Å². The molecule has 0 spiro atoms. The summed E-state index contributed by atoms with van der Waals surface area (Å²) in [7, 11) is 0. The van der Waals surface area contributed by atoms with Gasteiger partial charge in [-0.3, -0.25) is 4.79 Å². The second-order valence-corrected chi connectivity index (χ2v) is 6.30. The molecule has 1 fully saturated rings. The summed E-state index contributed by atoms with van der Waals surface area (Å²) in [6.07, 6.45) is 0.511. The summed E-state index contributed by atoms with van der Waals surface area (Å²) >= 11 is 1.03. The van der Waals surface area contributed by atoms with Crippen molar-refractivity contribution in [3.05, 3.63) is 29.8 Å². The third-order valence-corrected chi connectivity index (χ3v) is 4.42. The van der Waals surface area contributed by atoms with Crippen LogP contribution in [0, 0.1) is 0 Å². The summed E-state index contributed by atoms with van der Waals surface area (Å²) < 4.78 is 0. The highest BCUT2D eigenvalue weighted by atomic mass is 32.2. The largest absolute Gasteiger partial charge is 0.389 e. The molecule has 4 nitrogen and oxygen atoms in total.